The van der Waals surface area contributed by atoms with Gasteiger partial charge in [-0.15, -0.1) is 6.42 Å². The highest BCUT2D eigenvalue weighted by Crippen LogP contribution is 1.98. The van der Waals surface area contributed by atoms with E-state index in [2.05, 4.69) is 15.6 Å². The van der Waals surface area contributed by atoms with E-state index < -0.39 is 5.97 Å². The van der Waals surface area contributed by atoms with Gasteiger partial charge in [-0.05, 0) is 12.1 Å². The molecule has 0 aliphatic carbocycles. The Bertz CT molecular complexity index is 300. The molecule has 0 aliphatic rings. The van der Waals surface area contributed by atoms with Crippen molar-refractivity contribution >= 4 is 5.97 Å². The monoisotopic (exact) mass is 161 g/mol. The van der Waals surface area contributed by atoms with E-state index in [-0.39, 0.29) is 6.61 Å². The van der Waals surface area contributed by atoms with E-state index in [1.54, 1.807) is 12.1 Å². The van der Waals surface area contributed by atoms with Crippen LogP contribution in [0.15, 0.2) is 24.5 Å². The molecule has 1 aromatic heterocycles. The third kappa shape index (κ3) is 2.10. The molecule has 1 heterocycles. The van der Waals surface area contributed by atoms with Crippen LogP contribution < -0.4 is 0 Å². The molecule has 1 aromatic rings. The first-order valence-electron chi connectivity index (χ1n) is 3.35. The van der Waals surface area contributed by atoms with Crippen LogP contribution in [0.3, 0.4) is 0 Å². The fraction of sp³-hybridized carbons (Fsp3) is 0.111. The highest BCUT2D eigenvalue weighted by Gasteiger charge is 2.03. The van der Waals surface area contributed by atoms with E-state index in [1.165, 1.54) is 12.4 Å². The Morgan fingerprint density at radius 3 is 2.83 bits per heavy atom. The normalized spacial score (nSPS) is 8.58. The summed E-state index contributed by atoms with van der Waals surface area (Å²) in [6.07, 6.45) is 7.96. The zero-order chi connectivity index (χ0) is 8.81. The molecule has 0 saturated heterocycles. The molecule has 0 bridgehead atoms. The largest absolute Gasteiger partial charge is 0.449 e. The average Bonchev–Trinajstić information content (AvgIpc) is 2.15. The zero-order valence-corrected chi connectivity index (χ0v) is 6.36. The molecule has 0 radical (unpaired) electrons. The van der Waals surface area contributed by atoms with E-state index in [1.807, 2.05) is 0 Å². The molecule has 0 aliphatic heterocycles. The lowest BCUT2D eigenvalue weighted by Gasteiger charge is -1.98. The van der Waals surface area contributed by atoms with Gasteiger partial charge in [0, 0.05) is 12.4 Å². The number of terminal acetylenes is 1. The number of hydrogen-bond donors (Lipinski definition) is 0. The van der Waals surface area contributed by atoms with E-state index in [0.29, 0.717) is 5.56 Å². The molecular formula is C9H7NO2. The van der Waals surface area contributed by atoms with Crippen molar-refractivity contribution in [2.24, 2.45) is 0 Å². The minimum Gasteiger partial charge on any atom is -0.449 e. The number of aromatic nitrogens is 1. The van der Waals surface area contributed by atoms with Crippen LogP contribution in [-0.4, -0.2) is 17.6 Å². The number of esters is 1. The Morgan fingerprint density at radius 2 is 2.25 bits per heavy atom. The van der Waals surface area contributed by atoms with Gasteiger partial charge in [-0.25, -0.2) is 4.79 Å². The summed E-state index contributed by atoms with van der Waals surface area (Å²) >= 11 is 0. The first kappa shape index (κ1) is 8.28. The smallest absolute Gasteiger partial charge is 0.339 e. The van der Waals surface area contributed by atoms with E-state index >= 15 is 0 Å². The molecule has 0 atom stereocenters. The van der Waals surface area contributed by atoms with Crippen molar-refractivity contribution in [1.82, 2.24) is 4.98 Å². The molecule has 0 unspecified atom stereocenters. The van der Waals surface area contributed by atoms with Crippen LogP contribution in [0.25, 0.3) is 0 Å². The Hall–Kier alpha value is -1.82. The summed E-state index contributed by atoms with van der Waals surface area (Å²) < 4.78 is 4.67. The highest BCUT2D eigenvalue weighted by molar-refractivity contribution is 5.89. The van der Waals surface area contributed by atoms with Crippen molar-refractivity contribution < 1.29 is 9.53 Å². The molecule has 0 aromatic carbocycles. The fourth-order valence-electron chi connectivity index (χ4n) is 0.679. The first-order chi connectivity index (χ1) is 5.84. The number of nitrogens with zero attached hydrogens (tertiary/aromatic N) is 1. The molecule has 3 nitrogen and oxygen atoms in total. The van der Waals surface area contributed by atoms with Gasteiger partial charge in [0.1, 0.15) is 0 Å². The molecule has 0 saturated carbocycles. The minimum atomic E-state index is -0.421. The average molecular weight is 161 g/mol. The lowest BCUT2D eigenvalue weighted by Crippen LogP contribution is -2.04. The predicted molar refractivity (Wildman–Crippen MR) is 43.4 cm³/mol. The fourth-order valence-corrected chi connectivity index (χ4v) is 0.679. The maximum absolute atomic E-state index is 11.1. The van der Waals surface area contributed by atoms with Crippen LogP contribution in [0.2, 0.25) is 0 Å². The SMILES string of the molecule is C#CCOC(=O)c1ccncc1. The quantitative estimate of drug-likeness (QED) is 0.477. The van der Waals surface area contributed by atoms with Crippen molar-refractivity contribution in [3.8, 4) is 12.3 Å². The molecule has 60 valence electrons. The van der Waals surface area contributed by atoms with E-state index in [0.717, 1.165) is 0 Å². The van der Waals surface area contributed by atoms with Gasteiger partial charge in [0.15, 0.2) is 6.61 Å². The number of rotatable bonds is 2. The molecule has 0 spiro atoms. The maximum atomic E-state index is 11.1. The molecule has 0 fully saturated rings. The summed E-state index contributed by atoms with van der Waals surface area (Å²) in [7, 11) is 0. The van der Waals surface area contributed by atoms with Crippen LogP contribution in [0, 0.1) is 12.3 Å². The van der Waals surface area contributed by atoms with Gasteiger partial charge in [-0.1, -0.05) is 5.92 Å². The second-order valence-electron chi connectivity index (χ2n) is 2.02. The van der Waals surface area contributed by atoms with E-state index in [4.69, 9.17) is 6.42 Å². The summed E-state index contributed by atoms with van der Waals surface area (Å²) in [6.45, 7) is 0.00115. The van der Waals surface area contributed by atoms with Gasteiger partial charge in [-0.3, -0.25) is 4.98 Å². The van der Waals surface area contributed by atoms with Crippen molar-refractivity contribution in [1.29, 1.82) is 0 Å². The van der Waals surface area contributed by atoms with Crippen molar-refractivity contribution in [3.63, 3.8) is 0 Å². The molecule has 12 heavy (non-hydrogen) atoms. The van der Waals surface area contributed by atoms with Crippen LogP contribution in [0.5, 0.6) is 0 Å². The Labute approximate surface area is 70.4 Å². The Morgan fingerprint density at radius 1 is 1.58 bits per heavy atom. The summed E-state index contributed by atoms with van der Waals surface area (Å²) in [4.78, 5) is 14.8. The standard InChI is InChI=1S/C9H7NO2/c1-2-7-12-9(11)8-3-5-10-6-4-8/h1,3-6H,7H2. The topological polar surface area (TPSA) is 39.2 Å². The van der Waals surface area contributed by atoms with Gasteiger partial charge in [0.25, 0.3) is 0 Å². The summed E-state index contributed by atoms with van der Waals surface area (Å²) in [5.74, 6) is 1.79. The first-order valence-corrected chi connectivity index (χ1v) is 3.35. The lowest BCUT2D eigenvalue weighted by atomic mass is 10.3. The van der Waals surface area contributed by atoms with Gasteiger partial charge in [0.05, 0.1) is 5.56 Å². The van der Waals surface area contributed by atoms with Crippen LogP contribution >= 0.6 is 0 Å². The molecular weight excluding hydrogens is 154 g/mol. The molecule has 0 amide bonds. The summed E-state index contributed by atoms with van der Waals surface area (Å²) in [5, 5.41) is 0. The Kier molecular flexibility index (Phi) is 2.86. The lowest BCUT2D eigenvalue weighted by molar-refractivity contribution is 0.0556. The van der Waals surface area contributed by atoms with Crippen LogP contribution in [0.4, 0.5) is 0 Å². The zero-order valence-electron chi connectivity index (χ0n) is 6.36. The van der Waals surface area contributed by atoms with Gasteiger partial charge < -0.3 is 4.74 Å². The van der Waals surface area contributed by atoms with Gasteiger partial charge in [-0.2, -0.15) is 0 Å². The molecule has 1 rings (SSSR count). The molecule has 3 heteroatoms. The van der Waals surface area contributed by atoms with Gasteiger partial charge in [0.2, 0.25) is 0 Å². The number of hydrogen-bond acceptors (Lipinski definition) is 3. The number of pyridine rings is 1. The van der Waals surface area contributed by atoms with Crippen molar-refractivity contribution in [3.05, 3.63) is 30.1 Å². The summed E-state index contributed by atoms with van der Waals surface area (Å²) in [6, 6.07) is 3.14. The minimum absolute atomic E-state index is 0.00115. The van der Waals surface area contributed by atoms with Crippen molar-refractivity contribution in [2.75, 3.05) is 6.61 Å². The Balaban J connectivity index is 2.61. The third-order valence-corrected chi connectivity index (χ3v) is 1.20. The number of carbonyl (C=O) groups is 1. The predicted octanol–water partition coefficient (Wildman–Crippen LogP) is 0.872. The number of ether oxygens (including phenoxy) is 1. The van der Waals surface area contributed by atoms with Gasteiger partial charge >= 0.3 is 5.97 Å². The second-order valence-corrected chi connectivity index (χ2v) is 2.02. The van der Waals surface area contributed by atoms with Crippen LogP contribution in [0.1, 0.15) is 10.4 Å². The van der Waals surface area contributed by atoms with Crippen LogP contribution in [-0.2, 0) is 4.74 Å². The summed E-state index contributed by atoms with van der Waals surface area (Å²) in [5.41, 5.74) is 0.459. The third-order valence-electron chi connectivity index (χ3n) is 1.20. The number of carbonyl (C=O) groups excluding carboxylic acids is 1. The van der Waals surface area contributed by atoms with Crippen molar-refractivity contribution in [2.45, 2.75) is 0 Å². The maximum Gasteiger partial charge on any atom is 0.339 e. The van der Waals surface area contributed by atoms with E-state index in [9.17, 15) is 4.79 Å². The second kappa shape index (κ2) is 4.14. The molecule has 0 N–H and O–H groups in total. The highest BCUT2D eigenvalue weighted by atomic mass is 16.5.